The monoisotopic (exact) mass is 301 g/mol. The molecule has 0 unspecified atom stereocenters. The van der Waals surface area contributed by atoms with Gasteiger partial charge in [-0.15, -0.1) is 0 Å². The van der Waals surface area contributed by atoms with Crippen LogP contribution in [-0.2, 0) is 14.3 Å². The summed E-state index contributed by atoms with van der Waals surface area (Å²) in [6.07, 6.45) is 1.64. The Morgan fingerprint density at radius 2 is 2.00 bits per heavy atom. The molecule has 1 heterocycles. The molecule has 22 heavy (non-hydrogen) atoms. The zero-order valence-corrected chi connectivity index (χ0v) is 12.9. The van der Waals surface area contributed by atoms with Gasteiger partial charge < -0.3 is 9.64 Å². The molecule has 0 aromatic heterocycles. The predicted octanol–water partition coefficient (Wildman–Crippen LogP) is 1.79. The number of esters is 1. The standard InChI is InChI=1S/C16H19N3O3/c1-4-22-15(20)10-14-13(11-18(2)3)16(21)19(17-14)12-8-6-5-7-9-12/h5-9,11H,4,10H2,1-3H3/b13-11-. The van der Waals surface area contributed by atoms with Crippen molar-refractivity contribution in [2.45, 2.75) is 13.3 Å². The van der Waals surface area contributed by atoms with Crippen molar-refractivity contribution in [1.82, 2.24) is 4.90 Å². The molecule has 1 aliphatic rings. The molecule has 2 rings (SSSR count). The highest BCUT2D eigenvalue weighted by atomic mass is 16.5. The van der Waals surface area contributed by atoms with Crippen LogP contribution in [0.4, 0.5) is 5.69 Å². The van der Waals surface area contributed by atoms with E-state index in [4.69, 9.17) is 4.74 Å². The number of nitrogens with zero attached hydrogens (tertiary/aromatic N) is 3. The van der Waals surface area contributed by atoms with E-state index < -0.39 is 5.97 Å². The third kappa shape index (κ3) is 3.52. The first kappa shape index (κ1) is 15.8. The van der Waals surface area contributed by atoms with E-state index in [0.29, 0.717) is 23.6 Å². The van der Waals surface area contributed by atoms with E-state index in [1.807, 2.05) is 32.3 Å². The number of ether oxygens (including phenoxy) is 1. The summed E-state index contributed by atoms with van der Waals surface area (Å²) in [6.45, 7) is 2.04. The Balaban J connectivity index is 2.33. The Hall–Kier alpha value is -2.63. The smallest absolute Gasteiger partial charge is 0.311 e. The fourth-order valence-corrected chi connectivity index (χ4v) is 2.07. The number of hydrogen-bond acceptors (Lipinski definition) is 5. The summed E-state index contributed by atoms with van der Waals surface area (Å²) >= 11 is 0. The number of para-hydroxylation sites is 1. The van der Waals surface area contributed by atoms with Crippen LogP contribution in [0.15, 0.2) is 47.2 Å². The van der Waals surface area contributed by atoms with Gasteiger partial charge >= 0.3 is 5.97 Å². The first-order chi connectivity index (χ1) is 10.5. The second kappa shape index (κ2) is 6.89. The molecule has 0 atom stereocenters. The molecule has 1 aromatic rings. The van der Waals surface area contributed by atoms with Crippen LogP contribution in [0.5, 0.6) is 0 Å². The third-order valence-corrected chi connectivity index (χ3v) is 2.96. The van der Waals surface area contributed by atoms with Crippen molar-refractivity contribution in [2.75, 3.05) is 25.7 Å². The summed E-state index contributed by atoms with van der Waals surface area (Å²) in [5.41, 5.74) is 1.49. The first-order valence-corrected chi connectivity index (χ1v) is 7.04. The number of anilines is 1. The number of hydrazone groups is 1. The van der Waals surface area contributed by atoms with E-state index in [1.165, 1.54) is 5.01 Å². The molecule has 1 aliphatic heterocycles. The molecule has 6 nitrogen and oxygen atoms in total. The lowest BCUT2D eigenvalue weighted by molar-refractivity contribution is -0.141. The molecule has 0 bridgehead atoms. The zero-order valence-electron chi connectivity index (χ0n) is 12.9. The predicted molar refractivity (Wildman–Crippen MR) is 84.4 cm³/mol. The number of benzene rings is 1. The molecule has 0 fully saturated rings. The Morgan fingerprint density at radius 1 is 1.32 bits per heavy atom. The topological polar surface area (TPSA) is 62.2 Å². The van der Waals surface area contributed by atoms with Crippen molar-refractivity contribution >= 4 is 23.3 Å². The van der Waals surface area contributed by atoms with Crippen molar-refractivity contribution in [3.05, 3.63) is 42.1 Å². The molecular weight excluding hydrogens is 282 g/mol. The van der Waals surface area contributed by atoms with Crippen LogP contribution in [0.1, 0.15) is 13.3 Å². The van der Waals surface area contributed by atoms with E-state index in [9.17, 15) is 9.59 Å². The summed E-state index contributed by atoms with van der Waals surface area (Å²) in [5, 5.41) is 5.61. The molecule has 1 amide bonds. The summed E-state index contributed by atoms with van der Waals surface area (Å²) in [6, 6.07) is 9.11. The van der Waals surface area contributed by atoms with Gasteiger partial charge in [-0.3, -0.25) is 9.59 Å². The average molecular weight is 301 g/mol. The lowest BCUT2D eigenvalue weighted by Gasteiger charge is -2.11. The van der Waals surface area contributed by atoms with Gasteiger partial charge in [0, 0.05) is 20.3 Å². The fraction of sp³-hybridized carbons (Fsp3) is 0.312. The van der Waals surface area contributed by atoms with Crippen molar-refractivity contribution in [3.63, 3.8) is 0 Å². The number of rotatable bonds is 5. The number of amides is 1. The van der Waals surface area contributed by atoms with Gasteiger partial charge in [0.05, 0.1) is 30.0 Å². The van der Waals surface area contributed by atoms with Gasteiger partial charge in [0.25, 0.3) is 5.91 Å². The van der Waals surface area contributed by atoms with Crippen LogP contribution in [0.25, 0.3) is 0 Å². The largest absolute Gasteiger partial charge is 0.466 e. The summed E-state index contributed by atoms with van der Waals surface area (Å²) in [5.74, 6) is -0.646. The van der Waals surface area contributed by atoms with Crippen LogP contribution in [-0.4, -0.2) is 43.2 Å². The highest BCUT2D eigenvalue weighted by Gasteiger charge is 2.32. The van der Waals surface area contributed by atoms with E-state index in [-0.39, 0.29) is 12.3 Å². The van der Waals surface area contributed by atoms with Crippen molar-refractivity contribution in [3.8, 4) is 0 Å². The van der Waals surface area contributed by atoms with Crippen LogP contribution in [0.2, 0.25) is 0 Å². The van der Waals surface area contributed by atoms with Crippen molar-refractivity contribution < 1.29 is 14.3 Å². The van der Waals surface area contributed by atoms with Gasteiger partial charge in [-0.05, 0) is 19.1 Å². The molecule has 1 aromatic carbocycles. The molecule has 0 spiro atoms. The van der Waals surface area contributed by atoms with Crippen LogP contribution >= 0.6 is 0 Å². The zero-order chi connectivity index (χ0) is 16.1. The van der Waals surface area contributed by atoms with Gasteiger partial charge in [-0.1, -0.05) is 18.2 Å². The summed E-state index contributed by atoms with van der Waals surface area (Å²) in [7, 11) is 3.63. The summed E-state index contributed by atoms with van der Waals surface area (Å²) in [4.78, 5) is 26.0. The molecule has 116 valence electrons. The Labute approximate surface area is 129 Å². The Bertz CT molecular complexity index is 621. The van der Waals surface area contributed by atoms with Gasteiger partial charge in [0.1, 0.15) is 0 Å². The van der Waals surface area contributed by atoms with Crippen molar-refractivity contribution in [2.24, 2.45) is 5.10 Å². The molecule has 0 aliphatic carbocycles. The third-order valence-electron chi connectivity index (χ3n) is 2.96. The van der Waals surface area contributed by atoms with Gasteiger partial charge in [0.2, 0.25) is 0 Å². The molecule has 0 saturated heterocycles. The van der Waals surface area contributed by atoms with Crippen molar-refractivity contribution in [1.29, 1.82) is 0 Å². The first-order valence-electron chi connectivity index (χ1n) is 7.04. The lowest BCUT2D eigenvalue weighted by Crippen LogP contribution is -2.23. The van der Waals surface area contributed by atoms with Crippen LogP contribution in [0, 0.1) is 0 Å². The van der Waals surface area contributed by atoms with Gasteiger partial charge in [-0.25, -0.2) is 0 Å². The molecule has 6 heteroatoms. The number of carbonyl (C=O) groups excluding carboxylic acids is 2. The summed E-state index contributed by atoms with van der Waals surface area (Å²) < 4.78 is 4.94. The minimum Gasteiger partial charge on any atom is -0.466 e. The van der Waals surface area contributed by atoms with Crippen LogP contribution < -0.4 is 5.01 Å². The molecular formula is C16H19N3O3. The van der Waals surface area contributed by atoms with Gasteiger partial charge in [-0.2, -0.15) is 10.1 Å². The average Bonchev–Trinajstić information content (AvgIpc) is 2.77. The SMILES string of the molecule is CCOC(=O)CC1=NN(c2ccccc2)C(=O)/C1=C\N(C)C. The van der Waals surface area contributed by atoms with Crippen LogP contribution in [0.3, 0.4) is 0 Å². The normalized spacial score (nSPS) is 16.0. The molecule has 0 radical (unpaired) electrons. The quantitative estimate of drug-likeness (QED) is 0.614. The van der Waals surface area contributed by atoms with E-state index in [2.05, 4.69) is 5.10 Å². The maximum absolute atomic E-state index is 12.6. The maximum Gasteiger partial charge on any atom is 0.311 e. The number of carbonyl (C=O) groups is 2. The second-order valence-corrected chi connectivity index (χ2v) is 4.99. The minimum absolute atomic E-state index is 0.0252. The fourth-order valence-electron chi connectivity index (χ4n) is 2.07. The Kier molecular flexibility index (Phi) is 4.93. The highest BCUT2D eigenvalue weighted by Crippen LogP contribution is 2.24. The maximum atomic E-state index is 12.6. The minimum atomic E-state index is -0.395. The molecule has 0 N–H and O–H groups in total. The van der Waals surface area contributed by atoms with E-state index in [1.54, 1.807) is 30.2 Å². The number of hydrogen-bond donors (Lipinski definition) is 0. The Morgan fingerprint density at radius 3 is 2.59 bits per heavy atom. The highest BCUT2D eigenvalue weighted by molar-refractivity contribution is 6.32. The van der Waals surface area contributed by atoms with E-state index in [0.717, 1.165) is 0 Å². The van der Waals surface area contributed by atoms with E-state index >= 15 is 0 Å². The van der Waals surface area contributed by atoms with Gasteiger partial charge in [0.15, 0.2) is 0 Å². The molecule has 0 saturated carbocycles. The lowest BCUT2D eigenvalue weighted by atomic mass is 10.1. The second-order valence-electron chi connectivity index (χ2n) is 4.99.